The van der Waals surface area contributed by atoms with Gasteiger partial charge < -0.3 is 10.6 Å². The van der Waals surface area contributed by atoms with Gasteiger partial charge in [0.1, 0.15) is 12.1 Å². The van der Waals surface area contributed by atoms with Gasteiger partial charge in [-0.1, -0.05) is 36.4 Å². The lowest BCUT2D eigenvalue weighted by molar-refractivity contribution is -0.134. The van der Waals surface area contributed by atoms with Crippen molar-refractivity contribution in [1.29, 1.82) is 0 Å². The van der Waals surface area contributed by atoms with Crippen LogP contribution in [0.2, 0.25) is 0 Å². The molecule has 0 radical (unpaired) electrons. The minimum absolute atomic E-state index is 0.190. The number of amides is 4. The average molecular weight is 449 g/mol. The molecule has 2 aromatic rings. The lowest BCUT2D eigenvalue weighted by Crippen LogP contribution is -2.43. The smallest absolute Gasteiger partial charge is 0.324 e. The summed E-state index contributed by atoms with van der Waals surface area (Å²) < 4.78 is 37.6. The standard InChI is InChI=1S/C21H18F3N3O3S/c22-21(23,24)12-31-16-8-4-3-7-15(16)25-17(28)11-27-18(29)20(26-19(27)30)10-9-13-5-1-2-6-14(13)20/h1-8H,9-12H2,(H,25,28)(H,26,30). The summed E-state index contributed by atoms with van der Waals surface area (Å²) in [6.07, 6.45) is -3.31. The van der Waals surface area contributed by atoms with Crippen molar-refractivity contribution < 1.29 is 27.6 Å². The molecule has 1 atom stereocenters. The number of anilines is 1. The summed E-state index contributed by atoms with van der Waals surface area (Å²) in [5.74, 6) is -2.28. The van der Waals surface area contributed by atoms with Gasteiger partial charge in [-0.25, -0.2) is 4.79 Å². The Morgan fingerprint density at radius 3 is 2.61 bits per heavy atom. The van der Waals surface area contributed by atoms with Crippen LogP contribution < -0.4 is 10.6 Å². The molecule has 2 aromatic carbocycles. The Kier molecular flexibility index (Phi) is 5.42. The predicted molar refractivity (Wildman–Crippen MR) is 109 cm³/mol. The number of fused-ring (bicyclic) bond motifs is 2. The molecule has 1 saturated heterocycles. The van der Waals surface area contributed by atoms with E-state index in [9.17, 15) is 27.6 Å². The van der Waals surface area contributed by atoms with Gasteiger partial charge in [0.15, 0.2) is 0 Å². The van der Waals surface area contributed by atoms with E-state index in [1.807, 2.05) is 12.1 Å². The molecular formula is C21H18F3N3O3S. The SMILES string of the molecule is O=C(CN1C(=O)NC2(CCc3ccccc32)C1=O)Nc1ccccc1SCC(F)(F)F. The van der Waals surface area contributed by atoms with E-state index in [0.29, 0.717) is 24.6 Å². The molecule has 10 heteroatoms. The topological polar surface area (TPSA) is 78.5 Å². The van der Waals surface area contributed by atoms with Crippen LogP contribution in [0.1, 0.15) is 17.5 Å². The predicted octanol–water partition coefficient (Wildman–Crippen LogP) is 3.67. The molecule has 162 valence electrons. The molecule has 4 amide bonds. The molecule has 1 unspecified atom stereocenters. The molecule has 1 aliphatic heterocycles. The van der Waals surface area contributed by atoms with E-state index in [1.54, 1.807) is 24.3 Å². The zero-order chi connectivity index (χ0) is 22.2. The van der Waals surface area contributed by atoms with Gasteiger partial charge in [0.25, 0.3) is 5.91 Å². The molecule has 31 heavy (non-hydrogen) atoms. The number of alkyl halides is 3. The molecule has 6 nitrogen and oxygen atoms in total. The van der Waals surface area contributed by atoms with Crippen LogP contribution in [0.25, 0.3) is 0 Å². The fourth-order valence-electron chi connectivity index (χ4n) is 3.92. The van der Waals surface area contributed by atoms with Crippen molar-refractivity contribution in [2.24, 2.45) is 0 Å². The first-order chi connectivity index (χ1) is 14.7. The van der Waals surface area contributed by atoms with Crippen LogP contribution >= 0.6 is 11.8 Å². The van der Waals surface area contributed by atoms with Gasteiger partial charge in [-0.3, -0.25) is 14.5 Å². The Morgan fingerprint density at radius 2 is 1.84 bits per heavy atom. The zero-order valence-electron chi connectivity index (χ0n) is 16.2. The average Bonchev–Trinajstić information content (AvgIpc) is 3.20. The molecule has 2 aliphatic rings. The minimum Gasteiger partial charge on any atom is -0.324 e. The summed E-state index contributed by atoms with van der Waals surface area (Å²) in [7, 11) is 0. The second kappa shape index (κ2) is 7.92. The minimum atomic E-state index is -4.35. The summed E-state index contributed by atoms with van der Waals surface area (Å²) in [6.45, 7) is -0.535. The number of benzene rings is 2. The normalized spacial score (nSPS) is 20.2. The fourth-order valence-corrected chi connectivity index (χ4v) is 4.69. The summed E-state index contributed by atoms with van der Waals surface area (Å²) >= 11 is 0.548. The highest BCUT2D eigenvalue weighted by Crippen LogP contribution is 2.41. The van der Waals surface area contributed by atoms with Crippen molar-refractivity contribution in [3.63, 3.8) is 0 Å². The monoisotopic (exact) mass is 449 g/mol. The second-order valence-electron chi connectivity index (χ2n) is 7.33. The maximum atomic E-state index is 13.1. The van der Waals surface area contributed by atoms with Crippen molar-refractivity contribution in [2.75, 3.05) is 17.6 Å². The van der Waals surface area contributed by atoms with Crippen LogP contribution in [0.15, 0.2) is 53.4 Å². The van der Waals surface area contributed by atoms with Gasteiger partial charge in [0.2, 0.25) is 5.91 Å². The van der Waals surface area contributed by atoms with E-state index in [0.717, 1.165) is 16.0 Å². The molecule has 1 aliphatic carbocycles. The first-order valence-electron chi connectivity index (χ1n) is 9.50. The number of thioether (sulfide) groups is 1. The lowest BCUT2D eigenvalue weighted by Gasteiger charge is -2.22. The number of imide groups is 1. The van der Waals surface area contributed by atoms with Crippen LogP contribution in [0, 0.1) is 0 Å². The Balaban J connectivity index is 1.47. The number of para-hydroxylation sites is 1. The summed E-state index contributed by atoms with van der Waals surface area (Å²) in [5.41, 5.74) is 0.715. The van der Waals surface area contributed by atoms with E-state index >= 15 is 0 Å². The number of nitrogens with one attached hydrogen (secondary N) is 2. The van der Waals surface area contributed by atoms with Gasteiger partial charge >= 0.3 is 12.2 Å². The number of rotatable bonds is 5. The third kappa shape index (κ3) is 4.12. The summed E-state index contributed by atoms with van der Waals surface area (Å²) in [5, 5.41) is 5.24. The number of urea groups is 1. The van der Waals surface area contributed by atoms with Crippen molar-refractivity contribution >= 4 is 35.3 Å². The number of hydrogen-bond donors (Lipinski definition) is 2. The van der Waals surface area contributed by atoms with Gasteiger partial charge in [-0.05, 0) is 36.1 Å². The van der Waals surface area contributed by atoms with Crippen LogP contribution in [0.4, 0.5) is 23.7 Å². The van der Waals surface area contributed by atoms with Crippen LogP contribution in [0.5, 0.6) is 0 Å². The first kappa shape index (κ1) is 21.2. The van der Waals surface area contributed by atoms with E-state index in [4.69, 9.17) is 0 Å². The van der Waals surface area contributed by atoms with Crippen molar-refractivity contribution in [3.8, 4) is 0 Å². The zero-order valence-corrected chi connectivity index (χ0v) is 17.0. The third-order valence-corrected chi connectivity index (χ3v) is 6.42. The van der Waals surface area contributed by atoms with Crippen molar-refractivity contribution in [1.82, 2.24) is 10.2 Å². The molecule has 1 fully saturated rings. The summed E-state index contributed by atoms with van der Waals surface area (Å²) in [4.78, 5) is 39.2. The van der Waals surface area contributed by atoms with E-state index in [1.165, 1.54) is 12.1 Å². The van der Waals surface area contributed by atoms with Gasteiger partial charge in [-0.15, -0.1) is 11.8 Å². The highest BCUT2D eigenvalue weighted by atomic mass is 32.2. The maximum absolute atomic E-state index is 13.1. The highest BCUT2D eigenvalue weighted by molar-refractivity contribution is 7.99. The number of carbonyl (C=O) groups excluding carboxylic acids is 3. The molecule has 1 spiro atoms. The van der Waals surface area contributed by atoms with Gasteiger partial charge in [-0.2, -0.15) is 13.2 Å². The molecule has 0 bridgehead atoms. The number of carbonyl (C=O) groups is 3. The van der Waals surface area contributed by atoms with E-state index in [2.05, 4.69) is 10.6 Å². The van der Waals surface area contributed by atoms with Gasteiger partial charge in [0.05, 0.1) is 11.4 Å². The fraction of sp³-hybridized carbons (Fsp3) is 0.286. The number of hydrogen-bond acceptors (Lipinski definition) is 4. The van der Waals surface area contributed by atoms with E-state index < -0.39 is 41.9 Å². The molecular weight excluding hydrogens is 431 g/mol. The highest BCUT2D eigenvalue weighted by Gasteiger charge is 2.55. The lowest BCUT2D eigenvalue weighted by atomic mass is 9.92. The van der Waals surface area contributed by atoms with Crippen LogP contribution in [-0.4, -0.2) is 41.2 Å². The summed E-state index contributed by atoms with van der Waals surface area (Å²) in [6, 6.07) is 12.7. The Bertz CT molecular complexity index is 1060. The van der Waals surface area contributed by atoms with Crippen molar-refractivity contribution in [2.45, 2.75) is 29.5 Å². The second-order valence-corrected chi connectivity index (χ2v) is 8.35. The number of aryl methyl sites for hydroxylation is 1. The van der Waals surface area contributed by atoms with E-state index in [-0.39, 0.29) is 10.6 Å². The molecule has 4 rings (SSSR count). The largest absolute Gasteiger partial charge is 0.398 e. The van der Waals surface area contributed by atoms with Gasteiger partial charge in [0, 0.05) is 4.90 Å². The Hall–Kier alpha value is -3.01. The maximum Gasteiger partial charge on any atom is 0.398 e. The quantitative estimate of drug-likeness (QED) is 0.539. The Morgan fingerprint density at radius 1 is 1.13 bits per heavy atom. The first-order valence-corrected chi connectivity index (χ1v) is 10.5. The molecule has 1 heterocycles. The Labute approximate surface area is 180 Å². The van der Waals surface area contributed by atoms with Crippen LogP contribution in [0.3, 0.4) is 0 Å². The molecule has 0 aromatic heterocycles. The molecule has 2 N–H and O–H groups in total. The van der Waals surface area contributed by atoms with Crippen molar-refractivity contribution in [3.05, 3.63) is 59.7 Å². The number of nitrogens with zero attached hydrogens (tertiary/aromatic N) is 1. The molecule has 0 saturated carbocycles. The van der Waals surface area contributed by atoms with Crippen LogP contribution in [-0.2, 0) is 21.5 Å². The number of halogens is 3. The third-order valence-electron chi connectivity index (χ3n) is 5.28.